The van der Waals surface area contributed by atoms with E-state index >= 15 is 0 Å². The third-order valence-corrected chi connectivity index (χ3v) is 9.61. The largest absolute Gasteiger partial charge is 0.497 e. The monoisotopic (exact) mass is 532 g/mol. The van der Waals surface area contributed by atoms with Crippen LogP contribution in [0.3, 0.4) is 0 Å². The fourth-order valence-electron chi connectivity index (χ4n) is 7.99. The lowest BCUT2D eigenvalue weighted by Crippen LogP contribution is -2.64. The van der Waals surface area contributed by atoms with Crippen molar-refractivity contribution in [1.82, 2.24) is 4.90 Å². The van der Waals surface area contributed by atoms with Crippen molar-refractivity contribution < 1.29 is 33.3 Å². The summed E-state index contributed by atoms with van der Waals surface area (Å²) < 4.78 is 28.0. The molecule has 4 atom stereocenters. The molecule has 4 unspecified atom stereocenters. The first-order valence-corrected chi connectivity index (χ1v) is 13.5. The third kappa shape index (κ3) is 3.28. The Morgan fingerprint density at radius 2 is 1.90 bits per heavy atom. The summed E-state index contributed by atoms with van der Waals surface area (Å²) in [4.78, 5) is 29.4. The fourth-order valence-corrected chi connectivity index (χ4v) is 7.99. The van der Waals surface area contributed by atoms with Gasteiger partial charge in [0, 0.05) is 28.9 Å². The summed E-state index contributed by atoms with van der Waals surface area (Å²) >= 11 is 0. The number of piperidine rings is 1. The first-order chi connectivity index (χ1) is 18.9. The van der Waals surface area contributed by atoms with Gasteiger partial charge in [-0.15, -0.1) is 0 Å². The Balaban J connectivity index is 1.32. The van der Waals surface area contributed by atoms with Crippen molar-refractivity contribution in [3.8, 4) is 17.2 Å². The predicted octanol–water partition coefficient (Wildman–Crippen LogP) is 4.02. The quantitative estimate of drug-likeness (QED) is 0.573. The summed E-state index contributed by atoms with van der Waals surface area (Å²) in [5.41, 5.74) is 3.19. The Labute approximate surface area is 227 Å². The molecule has 0 saturated carbocycles. The van der Waals surface area contributed by atoms with Gasteiger partial charge in [0.2, 0.25) is 6.79 Å². The molecule has 204 valence electrons. The fraction of sp³-hybridized carbons (Fsp3) is 0.467. The summed E-state index contributed by atoms with van der Waals surface area (Å²) in [6.07, 6.45) is 2.67. The molecule has 2 aromatic carbocycles. The van der Waals surface area contributed by atoms with E-state index in [1.54, 1.807) is 25.3 Å². The molecule has 0 bridgehead atoms. The van der Waals surface area contributed by atoms with Crippen LogP contribution in [0.5, 0.6) is 17.2 Å². The van der Waals surface area contributed by atoms with Gasteiger partial charge in [-0.05, 0) is 75.5 Å². The zero-order chi connectivity index (χ0) is 26.9. The van der Waals surface area contributed by atoms with Gasteiger partial charge < -0.3 is 29.0 Å². The van der Waals surface area contributed by atoms with Gasteiger partial charge in [-0.1, -0.05) is 6.07 Å². The number of ether oxygens (including phenoxy) is 5. The molecular weight excluding hydrogens is 500 g/mol. The van der Waals surface area contributed by atoms with E-state index in [0.717, 1.165) is 55.0 Å². The zero-order valence-corrected chi connectivity index (χ0v) is 22.4. The minimum absolute atomic E-state index is 0.0591. The summed E-state index contributed by atoms with van der Waals surface area (Å²) in [6.45, 7) is 4.00. The minimum atomic E-state index is -0.475. The molecule has 2 aromatic rings. The number of anilines is 1. The van der Waals surface area contributed by atoms with Crippen molar-refractivity contribution in [3.05, 3.63) is 58.8 Å². The number of benzene rings is 2. The van der Waals surface area contributed by atoms with Gasteiger partial charge in [0.05, 0.1) is 30.8 Å². The number of carbonyl (C=O) groups excluding carboxylic acids is 2. The topological polar surface area (TPSA) is 95.6 Å². The SMILES string of the molecule is COC(=O)C1=C2Nc3cc(OC)ccc3C23CCN2CCCC(C(C)OC(=O)c4ccc5c(c4)OCO5)(C1)C23. The molecule has 1 spiro atoms. The molecule has 9 heteroatoms. The molecule has 4 heterocycles. The van der Waals surface area contributed by atoms with Crippen LogP contribution in [0, 0.1) is 5.41 Å². The number of carbonyl (C=O) groups is 2. The van der Waals surface area contributed by atoms with E-state index in [0.29, 0.717) is 29.1 Å². The van der Waals surface area contributed by atoms with Crippen molar-refractivity contribution in [2.45, 2.75) is 50.2 Å². The van der Waals surface area contributed by atoms with Gasteiger partial charge in [0.25, 0.3) is 0 Å². The Kier molecular flexibility index (Phi) is 5.39. The number of nitrogens with zero attached hydrogens (tertiary/aromatic N) is 1. The highest BCUT2D eigenvalue weighted by molar-refractivity contribution is 5.93. The molecule has 39 heavy (non-hydrogen) atoms. The van der Waals surface area contributed by atoms with E-state index in [-0.39, 0.29) is 18.8 Å². The van der Waals surface area contributed by atoms with Gasteiger partial charge in [-0.3, -0.25) is 4.90 Å². The summed E-state index contributed by atoms with van der Waals surface area (Å²) in [7, 11) is 3.08. The van der Waals surface area contributed by atoms with E-state index in [2.05, 4.69) is 16.3 Å². The van der Waals surface area contributed by atoms with Gasteiger partial charge in [0.1, 0.15) is 11.9 Å². The Morgan fingerprint density at radius 3 is 2.72 bits per heavy atom. The lowest BCUT2D eigenvalue weighted by atomic mass is 9.53. The van der Waals surface area contributed by atoms with Gasteiger partial charge in [0.15, 0.2) is 11.5 Å². The number of hydrogen-bond donors (Lipinski definition) is 1. The average molecular weight is 533 g/mol. The van der Waals surface area contributed by atoms with Crippen LogP contribution in [0.2, 0.25) is 0 Å². The Morgan fingerprint density at radius 1 is 1.05 bits per heavy atom. The molecule has 2 saturated heterocycles. The summed E-state index contributed by atoms with van der Waals surface area (Å²) in [6, 6.07) is 11.3. The number of rotatable bonds is 5. The third-order valence-electron chi connectivity index (χ3n) is 9.61. The van der Waals surface area contributed by atoms with Crippen LogP contribution in [0.15, 0.2) is 47.7 Å². The molecule has 7 rings (SSSR count). The lowest BCUT2D eigenvalue weighted by molar-refractivity contribution is -0.138. The number of methoxy groups -OCH3 is 2. The molecular formula is C30H32N2O7. The summed E-state index contributed by atoms with van der Waals surface area (Å²) in [5.74, 6) is 1.16. The Hall–Kier alpha value is -3.72. The van der Waals surface area contributed by atoms with Gasteiger partial charge in [-0.25, -0.2) is 9.59 Å². The Bertz CT molecular complexity index is 1420. The standard InChI is InChI=1S/C30H32N2O7/c1-17(39-26(33)18-5-8-23-24(13-18)38-16-37-23)29-9-4-11-32-12-10-30(28(29)32)21-7-6-19(35-2)14-22(21)31-25(30)20(15-29)27(34)36-3/h5-8,13-14,17,28,31H,4,9-12,15-16H2,1-3H3. The second-order valence-electron chi connectivity index (χ2n) is 11.2. The van der Waals surface area contributed by atoms with Crippen LogP contribution in [0.1, 0.15) is 48.5 Å². The highest BCUT2D eigenvalue weighted by Gasteiger charge is 2.68. The highest BCUT2D eigenvalue weighted by atomic mass is 16.7. The molecule has 5 aliphatic rings. The minimum Gasteiger partial charge on any atom is -0.497 e. The number of esters is 2. The maximum absolute atomic E-state index is 13.5. The van der Waals surface area contributed by atoms with Crippen LogP contribution >= 0.6 is 0 Å². The van der Waals surface area contributed by atoms with Crippen LogP contribution in [-0.2, 0) is 19.7 Å². The maximum atomic E-state index is 13.5. The molecule has 1 aliphatic carbocycles. The van der Waals surface area contributed by atoms with E-state index in [4.69, 9.17) is 23.7 Å². The first kappa shape index (κ1) is 24.3. The van der Waals surface area contributed by atoms with E-state index in [1.165, 1.54) is 7.11 Å². The molecule has 0 radical (unpaired) electrons. The maximum Gasteiger partial charge on any atom is 0.338 e. The molecule has 1 N–H and O–H groups in total. The van der Waals surface area contributed by atoms with Crippen molar-refractivity contribution in [3.63, 3.8) is 0 Å². The smallest absolute Gasteiger partial charge is 0.338 e. The normalized spacial score (nSPS) is 28.6. The van der Waals surface area contributed by atoms with Crippen LogP contribution in [0.25, 0.3) is 0 Å². The zero-order valence-electron chi connectivity index (χ0n) is 22.4. The highest BCUT2D eigenvalue weighted by Crippen LogP contribution is 2.65. The molecule has 0 aromatic heterocycles. The van der Waals surface area contributed by atoms with E-state index < -0.39 is 22.9 Å². The van der Waals surface area contributed by atoms with Crippen molar-refractivity contribution in [2.24, 2.45) is 5.41 Å². The average Bonchev–Trinajstić information content (AvgIpc) is 3.68. The number of hydrogen-bond acceptors (Lipinski definition) is 9. The van der Waals surface area contributed by atoms with Crippen molar-refractivity contribution in [2.75, 3.05) is 39.4 Å². The molecule has 9 nitrogen and oxygen atoms in total. The van der Waals surface area contributed by atoms with Crippen molar-refractivity contribution in [1.29, 1.82) is 0 Å². The molecule has 2 fully saturated rings. The van der Waals surface area contributed by atoms with Crippen molar-refractivity contribution >= 4 is 17.6 Å². The first-order valence-electron chi connectivity index (χ1n) is 13.5. The second-order valence-corrected chi connectivity index (χ2v) is 11.2. The number of nitrogens with one attached hydrogen (secondary N) is 1. The predicted molar refractivity (Wildman–Crippen MR) is 141 cm³/mol. The van der Waals surface area contributed by atoms with E-state index in [9.17, 15) is 9.59 Å². The van der Waals surface area contributed by atoms with Crippen LogP contribution in [0.4, 0.5) is 5.69 Å². The van der Waals surface area contributed by atoms with Gasteiger partial charge >= 0.3 is 11.9 Å². The molecule has 4 aliphatic heterocycles. The molecule has 0 amide bonds. The number of fused-ring (bicyclic) bond motifs is 2. The second kappa shape index (κ2) is 8.64. The summed E-state index contributed by atoms with van der Waals surface area (Å²) in [5, 5.41) is 3.61. The van der Waals surface area contributed by atoms with Crippen LogP contribution < -0.4 is 19.5 Å². The lowest BCUT2D eigenvalue weighted by Gasteiger charge is -2.57. The van der Waals surface area contributed by atoms with Crippen LogP contribution in [-0.4, -0.2) is 63.1 Å². The van der Waals surface area contributed by atoms with Gasteiger partial charge in [-0.2, -0.15) is 0 Å². The van der Waals surface area contributed by atoms with E-state index in [1.807, 2.05) is 19.1 Å².